The van der Waals surface area contributed by atoms with Crippen molar-refractivity contribution in [1.82, 2.24) is 20.0 Å². The average molecular weight is 395 g/mol. The third kappa shape index (κ3) is 4.99. The Bertz CT molecular complexity index is 704. The van der Waals surface area contributed by atoms with Gasteiger partial charge in [0.25, 0.3) is 5.91 Å². The highest BCUT2D eigenvalue weighted by atomic mass is 35.5. The van der Waals surface area contributed by atoms with Gasteiger partial charge >= 0.3 is 6.03 Å². The Kier molecular flexibility index (Phi) is 6.05. The summed E-state index contributed by atoms with van der Waals surface area (Å²) in [7, 11) is 0. The van der Waals surface area contributed by atoms with Gasteiger partial charge in [0.05, 0.1) is 12.6 Å². The fourth-order valence-corrected chi connectivity index (χ4v) is 3.79. The largest absolute Gasteiger partial charge is 0.390 e. The number of nitrogens with zero attached hydrogens (tertiary/aromatic N) is 3. The van der Waals surface area contributed by atoms with Gasteiger partial charge in [-0.2, -0.15) is 0 Å². The fourth-order valence-electron chi connectivity index (χ4n) is 3.57. The highest BCUT2D eigenvalue weighted by Gasteiger charge is 2.44. The molecule has 1 aromatic carbocycles. The van der Waals surface area contributed by atoms with Gasteiger partial charge in [0, 0.05) is 44.3 Å². The third-order valence-electron chi connectivity index (χ3n) is 5.07. The topological polar surface area (TPSA) is 76.1 Å². The van der Waals surface area contributed by atoms with Crippen molar-refractivity contribution in [3.63, 3.8) is 0 Å². The van der Waals surface area contributed by atoms with Gasteiger partial charge in [0.15, 0.2) is 0 Å². The first-order valence-corrected chi connectivity index (χ1v) is 9.64. The quantitative estimate of drug-likeness (QED) is 0.708. The Balaban J connectivity index is 1.44. The first-order valence-electron chi connectivity index (χ1n) is 9.26. The lowest BCUT2D eigenvalue weighted by Gasteiger charge is -2.36. The molecule has 2 N–H and O–H groups in total. The number of carbonyl (C=O) groups excluding carboxylic acids is 2. The Labute approximate surface area is 164 Å². The maximum absolute atomic E-state index is 12.2. The number of aliphatic hydroxyl groups is 1. The summed E-state index contributed by atoms with van der Waals surface area (Å²) in [5.41, 5.74) is 0.292. The van der Waals surface area contributed by atoms with E-state index in [-0.39, 0.29) is 12.5 Å². The summed E-state index contributed by atoms with van der Waals surface area (Å²) in [6.07, 6.45) is -0.756. The van der Waals surface area contributed by atoms with Gasteiger partial charge in [-0.3, -0.25) is 19.5 Å². The molecule has 0 saturated carbocycles. The van der Waals surface area contributed by atoms with Crippen LogP contribution >= 0.6 is 11.6 Å². The molecule has 0 spiro atoms. The predicted molar refractivity (Wildman–Crippen MR) is 103 cm³/mol. The second kappa shape index (κ2) is 8.14. The highest BCUT2D eigenvalue weighted by Crippen LogP contribution is 2.17. The molecule has 2 aliphatic rings. The molecule has 2 heterocycles. The van der Waals surface area contributed by atoms with Crippen molar-refractivity contribution in [2.75, 3.05) is 39.3 Å². The number of benzene rings is 1. The number of hydrogen-bond donors (Lipinski definition) is 2. The van der Waals surface area contributed by atoms with Gasteiger partial charge in [-0.05, 0) is 31.5 Å². The molecule has 148 valence electrons. The molecule has 0 bridgehead atoms. The first-order chi connectivity index (χ1) is 12.7. The number of halogens is 1. The van der Waals surface area contributed by atoms with Crippen molar-refractivity contribution in [3.05, 3.63) is 34.9 Å². The minimum Gasteiger partial charge on any atom is -0.390 e. The Morgan fingerprint density at radius 1 is 1.15 bits per heavy atom. The van der Waals surface area contributed by atoms with Crippen LogP contribution in [0.15, 0.2) is 24.3 Å². The van der Waals surface area contributed by atoms with Crippen LogP contribution in [-0.4, -0.2) is 82.7 Å². The van der Waals surface area contributed by atoms with Crippen LogP contribution in [0.4, 0.5) is 4.79 Å². The number of amides is 3. The summed E-state index contributed by atoms with van der Waals surface area (Å²) < 4.78 is 0. The molecular formula is C19H27ClN4O3. The molecule has 7 nitrogen and oxygen atoms in total. The van der Waals surface area contributed by atoms with Gasteiger partial charge < -0.3 is 10.4 Å². The molecular weight excluding hydrogens is 368 g/mol. The minimum atomic E-state index is -0.900. The van der Waals surface area contributed by atoms with Gasteiger partial charge in [0.2, 0.25) is 0 Å². The third-order valence-corrected chi connectivity index (χ3v) is 5.30. The summed E-state index contributed by atoms with van der Waals surface area (Å²) in [6.45, 7) is 8.13. The number of piperazine rings is 1. The van der Waals surface area contributed by atoms with Crippen LogP contribution in [-0.2, 0) is 11.3 Å². The zero-order valence-electron chi connectivity index (χ0n) is 15.8. The van der Waals surface area contributed by atoms with Crippen molar-refractivity contribution < 1.29 is 14.7 Å². The summed E-state index contributed by atoms with van der Waals surface area (Å²) in [6, 6.07) is 7.45. The standard InChI is InChI=1S/C19H27ClN4O3/c1-19(2)17(26)24(18(27)21-19)13-16(25)12-23-8-6-22(7-9-23)11-14-4-3-5-15(20)10-14/h3-5,10,16,25H,6-9,11-13H2,1-2H3,(H,21,27)/t16-/m0/s1. The maximum Gasteiger partial charge on any atom is 0.325 e. The molecule has 3 amide bonds. The molecule has 1 atom stereocenters. The molecule has 1 aromatic rings. The zero-order chi connectivity index (χ0) is 19.6. The molecule has 0 aromatic heterocycles. The maximum atomic E-state index is 12.2. The monoisotopic (exact) mass is 394 g/mol. The first kappa shape index (κ1) is 20.1. The van der Waals surface area contributed by atoms with E-state index in [0.29, 0.717) is 6.54 Å². The number of nitrogens with one attached hydrogen (secondary N) is 1. The van der Waals surface area contributed by atoms with Crippen LogP contribution in [0.3, 0.4) is 0 Å². The predicted octanol–water partition coefficient (Wildman–Crippen LogP) is 1.15. The van der Waals surface area contributed by atoms with E-state index in [1.165, 1.54) is 5.56 Å². The summed E-state index contributed by atoms with van der Waals surface area (Å²) in [4.78, 5) is 29.8. The SMILES string of the molecule is CC1(C)NC(=O)N(C[C@@H](O)CN2CCN(Cc3cccc(Cl)c3)CC2)C1=O. The second-order valence-corrected chi connectivity index (χ2v) is 8.27. The van der Waals surface area contributed by atoms with Gasteiger partial charge in [-0.1, -0.05) is 23.7 Å². The lowest BCUT2D eigenvalue weighted by Crippen LogP contribution is -2.50. The number of rotatable bonds is 6. The molecule has 0 radical (unpaired) electrons. The van der Waals surface area contributed by atoms with E-state index in [1.807, 2.05) is 18.2 Å². The van der Waals surface area contributed by atoms with E-state index >= 15 is 0 Å². The van der Waals surface area contributed by atoms with Crippen molar-refractivity contribution in [2.24, 2.45) is 0 Å². The minimum absolute atomic E-state index is 0.0246. The van der Waals surface area contributed by atoms with Crippen LogP contribution < -0.4 is 5.32 Å². The Hall–Kier alpha value is -1.67. The van der Waals surface area contributed by atoms with E-state index in [0.717, 1.165) is 42.6 Å². The van der Waals surface area contributed by atoms with Gasteiger partial charge in [0.1, 0.15) is 5.54 Å². The Morgan fingerprint density at radius 3 is 2.41 bits per heavy atom. The van der Waals surface area contributed by atoms with Crippen molar-refractivity contribution in [1.29, 1.82) is 0 Å². The average Bonchev–Trinajstić information content (AvgIpc) is 2.78. The molecule has 0 aliphatic carbocycles. The Morgan fingerprint density at radius 2 is 1.81 bits per heavy atom. The van der Waals surface area contributed by atoms with E-state index in [2.05, 4.69) is 21.2 Å². The number of urea groups is 1. The van der Waals surface area contributed by atoms with Crippen LogP contribution in [0.25, 0.3) is 0 Å². The summed E-state index contributed by atoms with van der Waals surface area (Å²) >= 11 is 6.04. The molecule has 27 heavy (non-hydrogen) atoms. The number of imide groups is 1. The van der Waals surface area contributed by atoms with Gasteiger partial charge in [-0.25, -0.2) is 4.79 Å². The summed E-state index contributed by atoms with van der Waals surface area (Å²) in [5.74, 6) is -0.294. The fraction of sp³-hybridized carbons (Fsp3) is 0.579. The lowest BCUT2D eigenvalue weighted by atomic mass is 10.1. The normalized spacial score (nSPS) is 22.1. The van der Waals surface area contributed by atoms with Crippen LogP contribution in [0, 0.1) is 0 Å². The smallest absolute Gasteiger partial charge is 0.325 e. The zero-order valence-corrected chi connectivity index (χ0v) is 16.6. The van der Waals surface area contributed by atoms with E-state index < -0.39 is 17.7 Å². The molecule has 3 rings (SSSR count). The second-order valence-electron chi connectivity index (χ2n) is 7.83. The highest BCUT2D eigenvalue weighted by molar-refractivity contribution is 6.30. The molecule has 8 heteroatoms. The number of aliphatic hydroxyl groups excluding tert-OH is 1. The van der Waals surface area contributed by atoms with E-state index in [9.17, 15) is 14.7 Å². The van der Waals surface area contributed by atoms with Crippen LogP contribution in [0.5, 0.6) is 0 Å². The molecule has 2 saturated heterocycles. The molecule has 0 unspecified atom stereocenters. The van der Waals surface area contributed by atoms with Crippen LogP contribution in [0.1, 0.15) is 19.4 Å². The van der Waals surface area contributed by atoms with Crippen LogP contribution in [0.2, 0.25) is 5.02 Å². The van der Waals surface area contributed by atoms with Crippen molar-refractivity contribution >= 4 is 23.5 Å². The number of hydrogen-bond acceptors (Lipinski definition) is 5. The molecule has 2 fully saturated rings. The number of β-amino-alcohol motifs (C(OH)–C–C–N with tert-alkyl or cyclic N) is 1. The van der Waals surface area contributed by atoms with E-state index in [4.69, 9.17) is 11.6 Å². The number of carbonyl (C=O) groups is 2. The van der Waals surface area contributed by atoms with E-state index in [1.54, 1.807) is 13.8 Å². The lowest BCUT2D eigenvalue weighted by molar-refractivity contribution is -0.131. The van der Waals surface area contributed by atoms with Crippen molar-refractivity contribution in [3.8, 4) is 0 Å². The van der Waals surface area contributed by atoms with Crippen molar-refractivity contribution in [2.45, 2.75) is 32.0 Å². The molecule has 2 aliphatic heterocycles. The van der Waals surface area contributed by atoms with Gasteiger partial charge in [-0.15, -0.1) is 0 Å². The summed E-state index contributed by atoms with van der Waals surface area (Å²) in [5, 5.41) is 13.7.